The monoisotopic (exact) mass is 300 g/mol. The standard InChI is InChI=1S/C15H28N2O4/c1-5-11(18)9-7-6-8-10-12(13(16)19)17-14(20)21-15(2,3)4/h12H,5-10H2,1-4H3,(H2,16,19)(H,17,20)/t12-/m0/s1. The highest BCUT2D eigenvalue weighted by Crippen LogP contribution is 2.10. The lowest BCUT2D eigenvalue weighted by atomic mass is 10.0. The summed E-state index contributed by atoms with van der Waals surface area (Å²) < 4.78 is 5.09. The van der Waals surface area contributed by atoms with Gasteiger partial charge in [0.2, 0.25) is 5.91 Å². The van der Waals surface area contributed by atoms with Crippen molar-refractivity contribution in [1.82, 2.24) is 5.32 Å². The molecule has 0 rings (SSSR count). The molecule has 0 aromatic carbocycles. The number of unbranched alkanes of at least 4 members (excludes halogenated alkanes) is 2. The number of rotatable bonds is 9. The Bertz CT molecular complexity index is 361. The molecular formula is C15H28N2O4. The zero-order chi connectivity index (χ0) is 16.5. The third-order valence-corrected chi connectivity index (χ3v) is 2.88. The molecule has 0 aliphatic rings. The van der Waals surface area contributed by atoms with Gasteiger partial charge in [0.05, 0.1) is 0 Å². The molecule has 0 spiro atoms. The molecule has 1 atom stereocenters. The summed E-state index contributed by atoms with van der Waals surface area (Å²) in [6.45, 7) is 7.08. The predicted octanol–water partition coefficient (Wildman–Crippen LogP) is 2.29. The normalized spacial score (nSPS) is 12.6. The van der Waals surface area contributed by atoms with Crippen LogP contribution in [0.2, 0.25) is 0 Å². The Morgan fingerprint density at radius 1 is 1.14 bits per heavy atom. The lowest BCUT2D eigenvalue weighted by Crippen LogP contribution is -2.46. The molecule has 0 heterocycles. The van der Waals surface area contributed by atoms with Crippen LogP contribution in [0.3, 0.4) is 0 Å². The van der Waals surface area contributed by atoms with Gasteiger partial charge in [-0.25, -0.2) is 4.79 Å². The fourth-order valence-electron chi connectivity index (χ4n) is 1.76. The van der Waals surface area contributed by atoms with Crippen molar-refractivity contribution in [3.63, 3.8) is 0 Å². The number of hydrogen-bond acceptors (Lipinski definition) is 4. The molecular weight excluding hydrogens is 272 g/mol. The van der Waals surface area contributed by atoms with E-state index in [4.69, 9.17) is 10.5 Å². The summed E-state index contributed by atoms with van der Waals surface area (Å²) >= 11 is 0. The second-order valence-corrected chi connectivity index (χ2v) is 6.09. The van der Waals surface area contributed by atoms with Gasteiger partial charge >= 0.3 is 6.09 Å². The molecule has 0 aliphatic heterocycles. The van der Waals surface area contributed by atoms with Crippen molar-refractivity contribution in [1.29, 1.82) is 0 Å². The van der Waals surface area contributed by atoms with E-state index < -0.39 is 23.6 Å². The van der Waals surface area contributed by atoms with Crippen molar-refractivity contribution >= 4 is 17.8 Å². The van der Waals surface area contributed by atoms with Gasteiger partial charge in [-0.15, -0.1) is 0 Å². The molecule has 0 radical (unpaired) electrons. The van der Waals surface area contributed by atoms with E-state index in [2.05, 4.69) is 5.32 Å². The smallest absolute Gasteiger partial charge is 0.408 e. The molecule has 0 unspecified atom stereocenters. The number of Topliss-reactive ketones (excluding diaryl/α,β-unsaturated/α-hetero) is 1. The van der Waals surface area contributed by atoms with E-state index >= 15 is 0 Å². The molecule has 0 fully saturated rings. The molecule has 3 N–H and O–H groups in total. The largest absolute Gasteiger partial charge is 0.444 e. The quantitative estimate of drug-likeness (QED) is 0.638. The average molecular weight is 300 g/mol. The van der Waals surface area contributed by atoms with Gasteiger partial charge in [0.25, 0.3) is 0 Å². The third-order valence-electron chi connectivity index (χ3n) is 2.88. The topological polar surface area (TPSA) is 98.5 Å². The van der Waals surface area contributed by atoms with Crippen LogP contribution in [0.1, 0.15) is 66.2 Å². The first-order chi connectivity index (χ1) is 9.65. The van der Waals surface area contributed by atoms with Crippen LogP contribution in [-0.2, 0) is 14.3 Å². The number of alkyl carbamates (subject to hydrolysis) is 1. The van der Waals surface area contributed by atoms with Crippen molar-refractivity contribution in [2.24, 2.45) is 5.73 Å². The summed E-state index contributed by atoms with van der Waals surface area (Å²) in [6.07, 6.45) is 3.28. The van der Waals surface area contributed by atoms with Gasteiger partial charge in [-0.3, -0.25) is 9.59 Å². The molecule has 0 bridgehead atoms. The summed E-state index contributed by atoms with van der Waals surface area (Å²) in [4.78, 5) is 34.1. The first-order valence-corrected chi connectivity index (χ1v) is 7.46. The lowest BCUT2D eigenvalue weighted by Gasteiger charge is -2.22. The molecule has 0 aromatic rings. The van der Waals surface area contributed by atoms with Crippen LogP contribution in [0.5, 0.6) is 0 Å². The van der Waals surface area contributed by atoms with E-state index in [0.29, 0.717) is 19.3 Å². The zero-order valence-corrected chi connectivity index (χ0v) is 13.5. The number of amides is 2. The molecule has 0 aromatic heterocycles. The van der Waals surface area contributed by atoms with Gasteiger partial charge in [-0.05, 0) is 33.6 Å². The van der Waals surface area contributed by atoms with E-state index in [1.807, 2.05) is 6.92 Å². The summed E-state index contributed by atoms with van der Waals surface area (Å²) in [6, 6.07) is -0.735. The molecule has 2 amide bonds. The van der Waals surface area contributed by atoms with Crippen LogP contribution in [0, 0.1) is 0 Å². The minimum atomic E-state index is -0.735. The van der Waals surface area contributed by atoms with Gasteiger partial charge in [-0.2, -0.15) is 0 Å². The summed E-state index contributed by atoms with van der Waals surface area (Å²) in [7, 11) is 0. The summed E-state index contributed by atoms with van der Waals surface area (Å²) in [5.74, 6) is -0.334. The Balaban J connectivity index is 4.06. The number of carbonyl (C=O) groups excluding carboxylic acids is 3. The van der Waals surface area contributed by atoms with Crippen molar-refractivity contribution in [2.75, 3.05) is 0 Å². The van der Waals surface area contributed by atoms with Crippen LogP contribution in [0.4, 0.5) is 4.79 Å². The van der Waals surface area contributed by atoms with Gasteiger partial charge < -0.3 is 15.8 Å². The SMILES string of the molecule is CCC(=O)CCCCC[C@H](NC(=O)OC(C)(C)C)C(N)=O. The average Bonchev–Trinajstić information content (AvgIpc) is 2.34. The van der Waals surface area contributed by atoms with Gasteiger partial charge in [-0.1, -0.05) is 19.8 Å². The zero-order valence-electron chi connectivity index (χ0n) is 13.5. The molecule has 0 saturated carbocycles. The number of primary amides is 1. The van der Waals surface area contributed by atoms with E-state index in [-0.39, 0.29) is 5.78 Å². The van der Waals surface area contributed by atoms with Gasteiger partial charge in [0, 0.05) is 12.8 Å². The predicted molar refractivity (Wildman–Crippen MR) is 80.7 cm³/mol. The van der Waals surface area contributed by atoms with Crippen LogP contribution >= 0.6 is 0 Å². The maximum absolute atomic E-state index is 11.6. The van der Waals surface area contributed by atoms with Crippen LogP contribution < -0.4 is 11.1 Å². The minimum absolute atomic E-state index is 0.244. The molecule has 6 heteroatoms. The number of nitrogens with one attached hydrogen (secondary N) is 1. The fraction of sp³-hybridized carbons (Fsp3) is 0.800. The molecule has 122 valence electrons. The van der Waals surface area contributed by atoms with Crippen molar-refractivity contribution in [2.45, 2.75) is 77.9 Å². The van der Waals surface area contributed by atoms with E-state index in [1.165, 1.54) is 0 Å². The van der Waals surface area contributed by atoms with E-state index in [1.54, 1.807) is 20.8 Å². The van der Waals surface area contributed by atoms with E-state index in [0.717, 1.165) is 19.3 Å². The van der Waals surface area contributed by atoms with Gasteiger partial charge in [0.15, 0.2) is 0 Å². The molecule has 6 nitrogen and oxygen atoms in total. The molecule has 0 saturated heterocycles. The number of ether oxygens (including phenoxy) is 1. The highest BCUT2D eigenvalue weighted by molar-refractivity contribution is 5.84. The second kappa shape index (κ2) is 9.37. The number of nitrogens with two attached hydrogens (primary N) is 1. The van der Waals surface area contributed by atoms with Crippen LogP contribution in [0.25, 0.3) is 0 Å². The summed E-state index contributed by atoms with van der Waals surface area (Å²) in [5, 5.41) is 2.48. The Kier molecular flexibility index (Phi) is 8.66. The second-order valence-electron chi connectivity index (χ2n) is 6.09. The number of ketones is 1. The first-order valence-electron chi connectivity index (χ1n) is 7.46. The van der Waals surface area contributed by atoms with Crippen molar-refractivity contribution in [3.8, 4) is 0 Å². The Morgan fingerprint density at radius 3 is 2.24 bits per heavy atom. The van der Waals surface area contributed by atoms with Crippen molar-refractivity contribution in [3.05, 3.63) is 0 Å². The maximum atomic E-state index is 11.6. The third kappa shape index (κ3) is 10.8. The lowest BCUT2D eigenvalue weighted by molar-refractivity contribution is -0.120. The summed E-state index contributed by atoms with van der Waals surface area (Å²) in [5.41, 5.74) is 4.65. The molecule has 21 heavy (non-hydrogen) atoms. The molecule has 0 aliphatic carbocycles. The van der Waals surface area contributed by atoms with Crippen LogP contribution in [0.15, 0.2) is 0 Å². The number of carbonyl (C=O) groups is 3. The first kappa shape index (κ1) is 19.4. The van der Waals surface area contributed by atoms with Gasteiger partial charge in [0.1, 0.15) is 17.4 Å². The highest BCUT2D eigenvalue weighted by Gasteiger charge is 2.22. The fourth-order valence-corrected chi connectivity index (χ4v) is 1.76. The Morgan fingerprint density at radius 2 is 1.76 bits per heavy atom. The Labute approximate surface area is 126 Å². The van der Waals surface area contributed by atoms with Crippen LogP contribution in [-0.4, -0.2) is 29.4 Å². The maximum Gasteiger partial charge on any atom is 0.408 e. The Hall–Kier alpha value is -1.59. The minimum Gasteiger partial charge on any atom is -0.444 e. The van der Waals surface area contributed by atoms with Crippen molar-refractivity contribution < 1.29 is 19.1 Å². The van der Waals surface area contributed by atoms with E-state index in [9.17, 15) is 14.4 Å². The number of hydrogen-bond donors (Lipinski definition) is 2. The highest BCUT2D eigenvalue weighted by atomic mass is 16.6.